The van der Waals surface area contributed by atoms with Gasteiger partial charge < -0.3 is 9.47 Å². The molecule has 9 heteroatoms. The van der Waals surface area contributed by atoms with Gasteiger partial charge in [-0.25, -0.2) is 18.1 Å². The number of anilines is 1. The number of nitrogens with one attached hydrogen (secondary N) is 1. The van der Waals surface area contributed by atoms with Gasteiger partial charge in [0.05, 0.1) is 28.9 Å². The molecule has 1 aliphatic heterocycles. The first kappa shape index (κ1) is 21.3. The highest BCUT2D eigenvalue weighted by atomic mass is 32.2. The Morgan fingerprint density at radius 2 is 1.71 bits per heavy atom. The summed E-state index contributed by atoms with van der Waals surface area (Å²) in [5.74, 6) is 0.306. The van der Waals surface area contributed by atoms with E-state index in [9.17, 15) is 13.2 Å². The Bertz CT molecular complexity index is 1200. The van der Waals surface area contributed by atoms with Crippen molar-refractivity contribution in [2.75, 3.05) is 36.8 Å². The number of nitrogens with zero attached hydrogens (tertiary/aromatic N) is 4. The topological polar surface area (TPSA) is 87.5 Å². The van der Waals surface area contributed by atoms with Crippen LogP contribution >= 0.6 is 0 Å². The van der Waals surface area contributed by atoms with Crippen LogP contribution in [0.4, 0.5) is 5.69 Å². The van der Waals surface area contributed by atoms with Gasteiger partial charge in [-0.1, -0.05) is 24.3 Å². The largest absolute Gasteiger partial charge is 0.368 e. The molecule has 8 nitrogen and oxygen atoms in total. The molecule has 164 valence electrons. The maximum Gasteiger partial charge on any atom is 0.266 e. The number of amides is 1. The molecule has 3 aromatic rings. The zero-order chi connectivity index (χ0) is 22.0. The van der Waals surface area contributed by atoms with E-state index in [1.54, 1.807) is 12.1 Å². The number of piperazine rings is 1. The molecule has 1 amide bonds. The van der Waals surface area contributed by atoms with E-state index in [-0.39, 0.29) is 5.75 Å². The molecule has 1 aromatic heterocycles. The number of benzene rings is 2. The zero-order valence-electron chi connectivity index (χ0n) is 17.8. The second-order valence-corrected chi connectivity index (χ2v) is 9.70. The minimum absolute atomic E-state index is 0.137. The second kappa shape index (κ2) is 8.68. The molecule has 0 atom stereocenters. The number of para-hydroxylation sites is 3. The van der Waals surface area contributed by atoms with Crippen molar-refractivity contribution in [1.82, 2.24) is 19.2 Å². The lowest BCUT2D eigenvalue weighted by molar-refractivity contribution is 0.0981. The summed E-state index contributed by atoms with van der Waals surface area (Å²) in [6.45, 7) is 5.41. The van der Waals surface area contributed by atoms with Crippen molar-refractivity contribution in [2.24, 2.45) is 7.05 Å². The molecule has 0 saturated carbocycles. The van der Waals surface area contributed by atoms with Gasteiger partial charge in [-0.3, -0.25) is 9.69 Å². The SMILES string of the molecule is CCS(=O)(=O)NC(=O)c1ccccc1N1CCN(Cc2nc3ccccc3n2C)CC1. The van der Waals surface area contributed by atoms with Crippen LogP contribution in [0, 0.1) is 0 Å². The fourth-order valence-corrected chi connectivity index (χ4v) is 4.43. The molecule has 2 aromatic carbocycles. The van der Waals surface area contributed by atoms with Gasteiger partial charge in [0.1, 0.15) is 5.82 Å². The lowest BCUT2D eigenvalue weighted by Crippen LogP contribution is -2.47. The number of rotatable bonds is 6. The van der Waals surface area contributed by atoms with Crippen molar-refractivity contribution in [3.63, 3.8) is 0 Å². The summed E-state index contributed by atoms with van der Waals surface area (Å²) in [4.78, 5) is 21.8. The van der Waals surface area contributed by atoms with Gasteiger partial charge in [-0.15, -0.1) is 0 Å². The first-order valence-corrected chi connectivity index (χ1v) is 12.0. The molecule has 4 rings (SSSR count). The number of hydrogen-bond donors (Lipinski definition) is 1. The smallest absolute Gasteiger partial charge is 0.266 e. The van der Waals surface area contributed by atoms with Crippen LogP contribution < -0.4 is 9.62 Å². The minimum Gasteiger partial charge on any atom is -0.368 e. The molecule has 1 N–H and O–H groups in total. The molecule has 31 heavy (non-hydrogen) atoms. The van der Waals surface area contributed by atoms with Crippen LogP contribution in [0.2, 0.25) is 0 Å². The van der Waals surface area contributed by atoms with Crippen molar-refractivity contribution in [2.45, 2.75) is 13.5 Å². The van der Waals surface area contributed by atoms with E-state index in [0.717, 1.165) is 55.3 Å². The summed E-state index contributed by atoms with van der Waals surface area (Å²) < 4.78 is 27.9. The fraction of sp³-hybridized carbons (Fsp3) is 0.364. The first-order valence-electron chi connectivity index (χ1n) is 10.4. The van der Waals surface area contributed by atoms with Crippen molar-refractivity contribution in [1.29, 1.82) is 0 Å². The van der Waals surface area contributed by atoms with Gasteiger partial charge in [-0.05, 0) is 31.2 Å². The number of fused-ring (bicyclic) bond motifs is 1. The predicted molar refractivity (Wildman–Crippen MR) is 122 cm³/mol. The summed E-state index contributed by atoms with van der Waals surface area (Å²) in [6, 6.07) is 15.3. The summed E-state index contributed by atoms with van der Waals surface area (Å²) in [5.41, 5.74) is 3.26. The number of carbonyl (C=O) groups excluding carboxylic acids is 1. The number of carbonyl (C=O) groups is 1. The van der Waals surface area contributed by atoms with Gasteiger partial charge in [0, 0.05) is 38.9 Å². The molecule has 0 unspecified atom stereocenters. The highest BCUT2D eigenvalue weighted by molar-refractivity contribution is 7.90. The van der Waals surface area contributed by atoms with Gasteiger partial charge in [0.15, 0.2) is 0 Å². The fourth-order valence-electron chi connectivity index (χ4n) is 3.89. The third kappa shape index (κ3) is 4.57. The zero-order valence-corrected chi connectivity index (χ0v) is 18.6. The van der Waals surface area contributed by atoms with E-state index < -0.39 is 15.9 Å². The Balaban J connectivity index is 1.44. The van der Waals surface area contributed by atoms with Crippen LogP contribution in [0.25, 0.3) is 11.0 Å². The molecule has 0 spiro atoms. The third-order valence-corrected chi connectivity index (χ3v) is 6.99. The van der Waals surface area contributed by atoms with Gasteiger partial charge in [0.2, 0.25) is 10.0 Å². The van der Waals surface area contributed by atoms with Crippen LogP contribution in [0.5, 0.6) is 0 Å². The van der Waals surface area contributed by atoms with Gasteiger partial charge in [0.25, 0.3) is 5.91 Å². The molecule has 0 aliphatic carbocycles. The van der Waals surface area contributed by atoms with Crippen LogP contribution in [0.15, 0.2) is 48.5 Å². The standard InChI is InChI=1S/C22H27N5O3S/c1-3-31(29,30)24-22(28)17-8-4-6-10-19(17)27-14-12-26(13-15-27)16-21-23-18-9-5-7-11-20(18)25(21)2/h4-11H,3,12-16H2,1-2H3,(H,24,28). The van der Waals surface area contributed by atoms with E-state index in [1.165, 1.54) is 6.92 Å². The van der Waals surface area contributed by atoms with Crippen molar-refractivity contribution in [3.05, 3.63) is 59.9 Å². The highest BCUT2D eigenvalue weighted by Crippen LogP contribution is 2.23. The Hall–Kier alpha value is -2.91. The number of aryl methyl sites for hydroxylation is 1. The molecular formula is C22H27N5O3S. The predicted octanol–water partition coefficient (Wildman–Crippen LogP) is 1.97. The molecule has 1 aliphatic rings. The number of imidazole rings is 1. The van der Waals surface area contributed by atoms with Crippen LogP contribution in [0.3, 0.4) is 0 Å². The monoisotopic (exact) mass is 441 g/mol. The molecule has 1 fully saturated rings. The average Bonchev–Trinajstić information content (AvgIpc) is 3.09. The van der Waals surface area contributed by atoms with E-state index >= 15 is 0 Å². The summed E-state index contributed by atoms with van der Waals surface area (Å²) in [6.07, 6.45) is 0. The lowest BCUT2D eigenvalue weighted by Gasteiger charge is -2.36. The van der Waals surface area contributed by atoms with Gasteiger partial charge in [-0.2, -0.15) is 0 Å². The van der Waals surface area contributed by atoms with Crippen LogP contribution in [-0.2, 0) is 23.6 Å². The van der Waals surface area contributed by atoms with E-state index in [4.69, 9.17) is 4.98 Å². The summed E-state index contributed by atoms with van der Waals surface area (Å²) in [7, 11) is -1.57. The van der Waals surface area contributed by atoms with Gasteiger partial charge >= 0.3 is 0 Å². The van der Waals surface area contributed by atoms with Crippen molar-refractivity contribution < 1.29 is 13.2 Å². The normalized spacial score (nSPS) is 15.4. The molecule has 1 saturated heterocycles. The maximum atomic E-state index is 12.6. The molecular weight excluding hydrogens is 414 g/mol. The Morgan fingerprint density at radius 1 is 1.03 bits per heavy atom. The van der Waals surface area contributed by atoms with Crippen molar-refractivity contribution >= 4 is 32.7 Å². The number of sulfonamides is 1. The van der Waals surface area contributed by atoms with Crippen LogP contribution in [-0.4, -0.2) is 60.7 Å². The third-order valence-electron chi connectivity index (χ3n) is 5.73. The maximum absolute atomic E-state index is 12.6. The molecule has 0 bridgehead atoms. The van der Waals surface area contributed by atoms with Crippen LogP contribution in [0.1, 0.15) is 23.1 Å². The second-order valence-electron chi connectivity index (χ2n) is 7.69. The number of hydrogen-bond acceptors (Lipinski definition) is 6. The Morgan fingerprint density at radius 3 is 2.42 bits per heavy atom. The first-order chi connectivity index (χ1) is 14.9. The lowest BCUT2D eigenvalue weighted by atomic mass is 10.1. The summed E-state index contributed by atoms with van der Waals surface area (Å²) in [5, 5.41) is 0. The Kier molecular flexibility index (Phi) is 5.97. The van der Waals surface area contributed by atoms with Crippen molar-refractivity contribution in [3.8, 4) is 0 Å². The molecule has 0 radical (unpaired) electrons. The highest BCUT2D eigenvalue weighted by Gasteiger charge is 2.24. The average molecular weight is 442 g/mol. The van der Waals surface area contributed by atoms with E-state index in [0.29, 0.717) is 5.56 Å². The van der Waals surface area contributed by atoms with E-state index in [2.05, 4.69) is 25.2 Å². The summed E-state index contributed by atoms with van der Waals surface area (Å²) >= 11 is 0. The quantitative estimate of drug-likeness (QED) is 0.629. The minimum atomic E-state index is -3.61. The van der Waals surface area contributed by atoms with E-state index in [1.807, 2.05) is 37.4 Å². The Labute approximate surface area is 182 Å². The molecule has 2 heterocycles. The number of aromatic nitrogens is 2.